The molecule has 0 saturated heterocycles. The van der Waals surface area contributed by atoms with Crippen LogP contribution in [-0.2, 0) is 18.4 Å². The molecule has 174 valence electrons. The minimum Gasteiger partial charge on any atom is -0.405 e. The lowest BCUT2D eigenvalue weighted by atomic mass is 9.74. The molecule has 3 aliphatic rings. The molecule has 3 aliphatic carbocycles. The average molecular weight is 465 g/mol. The SMILES string of the molecule is CC1(C)c2ccc3c4c2c2c5c(ccc6c5c4c(n6C/C=C(\C=C/N)c4ccccc4)=CC3)C=CC21. The van der Waals surface area contributed by atoms with Crippen molar-refractivity contribution in [2.75, 3.05) is 0 Å². The molecule has 0 bridgehead atoms. The van der Waals surface area contributed by atoms with Crippen LogP contribution in [0.4, 0.5) is 0 Å². The van der Waals surface area contributed by atoms with Crippen LogP contribution in [0.5, 0.6) is 0 Å². The van der Waals surface area contributed by atoms with Gasteiger partial charge >= 0.3 is 0 Å². The van der Waals surface area contributed by atoms with Gasteiger partial charge in [0.1, 0.15) is 0 Å². The van der Waals surface area contributed by atoms with Crippen molar-refractivity contribution in [1.82, 2.24) is 4.57 Å². The summed E-state index contributed by atoms with van der Waals surface area (Å²) < 4.78 is 2.53. The normalized spacial score (nSPS) is 19.1. The smallest absolute Gasteiger partial charge is 0.0501 e. The van der Waals surface area contributed by atoms with Gasteiger partial charge in [0.2, 0.25) is 0 Å². The quantitative estimate of drug-likeness (QED) is 0.226. The van der Waals surface area contributed by atoms with Crippen LogP contribution in [0.15, 0.2) is 79.0 Å². The van der Waals surface area contributed by atoms with Gasteiger partial charge in [-0.2, -0.15) is 0 Å². The number of rotatable bonds is 4. The maximum Gasteiger partial charge on any atom is 0.0501 e. The molecule has 2 heteroatoms. The first-order valence-electron chi connectivity index (χ1n) is 13.0. The summed E-state index contributed by atoms with van der Waals surface area (Å²) in [5.41, 5.74) is 15.6. The summed E-state index contributed by atoms with van der Waals surface area (Å²) in [6, 6.07) is 20.0. The summed E-state index contributed by atoms with van der Waals surface area (Å²) >= 11 is 0. The van der Waals surface area contributed by atoms with Crippen molar-refractivity contribution in [3.8, 4) is 0 Å². The summed E-state index contributed by atoms with van der Waals surface area (Å²) in [6.45, 7) is 5.66. The molecule has 0 fully saturated rings. The Morgan fingerprint density at radius 2 is 1.83 bits per heavy atom. The zero-order valence-corrected chi connectivity index (χ0v) is 20.7. The van der Waals surface area contributed by atoms with E-state index in [2.05, 4.69) is 97.3 Å². The largest absolute Gasteiger partial charge is 0.405 e. The predicted octanol–water partition coefficient (Wildman–Crippen LogP) is 6.96. The third-order valence-electron chi connectivity index (χ3n) is 9.03. The fraction of sp³-hybridized carbons (Fsp3) is 0.176. The molecule has 36 heavy (non-hydrogen) atoms. The third kappa shape index (κ3) is 2.32. The monoisotopic (exact) mass is 464 g/mol. The highest BCUT2D eigenvalue weighted by atomic mass is 15.0. The van der Waals surface area contributed by atoms with Crippen LogP contribution in [0.1, 0.15) is 47.6 Å². The van der Waals surface area contributed by atoms with E-state index in [1.165, 1.54) is 60.1 Å². The number of allylic oxidation sites excluding steroid dienone is 4. The molecule has 0 saturated carbocycles. The Morgan fingerprint density at radius 3 is 2.67 bits per heavy atom. The van der Waals surface area contributed by atoms with E-state index in [1.54, 1.807) is 11.8 Å². The van der Waals surface area contributed by atoms with Crippen molar-refractivity contribution in [3.05, 3.63) is 112 Å². The highest BCUT2D eigenvalue weighted by molar-refractivity contribution is 6.28. The maximum absolute atomic E-state index is 5.85. The Balaban J connectivity index is 1.48. The van der Waals surface area contributed by atoms with E-state index in [0.29, 0.717) is 5.92 Å². The van der Waals surface area contributed by atoms with Gasteiger partial charge in [-0.05, 0) is 74.3 Å². The van der Waals surface area contributed by atoms with Crippen LogP contribution in [0.25, 0.3) is 50.2 Å². The van der Waals surface area contributed by atoms with Crippen LogP contribution in [0.3, 0.4) is 0 Å². The van der Waals surface area contributed by atoms with Crippen molar-refractivity contribution >= 4 is 50.2 Å². The van der Waals surface area contributed by atoms with Gasteiger partial charge in [0, 0.05) is 34.0 Å². The topological polar surface area (TPSA) is 30.9 Å². The summed E-state index contributed by atoms with van der Waals surface area (Å²) in [7, 11) is 0. The van der Waals surface area contributed by atoms with E-state index in [1.807, 2.05) is 6.08 Å². The van der Waals surface area contributed by atoms with E-state index < -0.39 is 0 Å². The van der Waals surface area contributed by atoms with E-state index in [0.717, 1.165) is 18.5 Å². The molecule has 1 atom stereocenters. The summed E-state index contributed by atoms with van der Waals surface area (Å²) in [6.07, 6.45) is 14.2. The molecule has 5 aromatic rings. The number of hydrogen-bond acceptors (Lipinski definition) is 1. The van der Waals surface area contributed by atoms with Crippen molar-refractivity contribution in [1.29, 1.82) is 0 Å². The lowest BCUT2D eigenvalue weighted by molar-refractivity contribution is 0.494. The first kappa shape index (κ1) is 20.2. The van der Waals surface area contributed by atoms with E-state index in [-0.39, 0.29) is 5.41 Å². The second-order valence-corrected chi connectivity index (χ2v) is 11.1. The number of hydrogen-bond donors (Lipinski definition) is 1. The van der Waals surface area contributed by atoms with E-state index in [9.17, 15) is 0 Å². The summed E-state index contributed by atoms with van der Waals surface area (Å²) in [5, 5.41) is 8.81. The van der Waals surface area contributed by atoms with Gasteiger partial charge in [0.05, 0.1) is 5.52 Å². The summed E-state index contributed by atoms with van der Waals surface area (Å²) in [4.78, 5) is 0. The molecule has 0 spiro atoms. The molecule has 1 unspecified atom stereocenters. The standard InChI is InChI=1S/C34H28N2/c1-34(2)24-12-8-22-10-14-26-32-28(22)30(24)31-25(34)13-9-23-11-15-27(33(32)29(23)31)36(26)19-17-21(16-18-35)20-6-4-3-5-7-20/h3-10,12-18,24H,11,19,35H2,1-2H3/b18-16-,21-17+. The van der Waals surface area contributed by atoms with E-state index >= 15 is 0 Å². The first-order chi connectivity index (χ1) is 17.6. The average Bonchev–Trinajstić information content (AvgIpc) is 3.36. The Kier molecular flexibility index (Phi) is 3.81. The number of nitrogens with zero attached hydrogens (tertiary/aromatic N) is 1. The fourth-order valence-electron chi connectivity index (χ4n) is 7.40. The second kappa shape index (κ2) is 6.79. The zero-order chi connectivity index (χ0) is 24.2. The Bertz CT molecular complexity index is 1910. The van der Waals surface area contributed by atoms with Gasteiger partial charge in [0.15, 0.2) is 0 Å². The number of aromatic nitrogens is 1. The second-order valence-electron chi connectivity index (χ2n) is 11.1. The van der Waals surface area contributed by atoms with Crippen molar-refractivity contribution in [2.24, 2.45) is 5.73 Å². The molecule has 8 rings (SSSR count). The Labute approximate surface area is 210 Å². The van der Waals surface area contributed by atoms with Gasteiger partial charge < -0.3 is 10.3 Å². The molecule has 0 amide bonds. The molecular weight excluding hydrogens is 436 g/mol. The van der Waals surface area contributed by atoms with Crippen molar-refractivity contribution in [2.45, 2.75) is 38.1 Å². The van der Waals surface area contributed by atoms with Crippen molar-refractivity contribution in [3.63, 3.8) is 0 Å². The summed E-state index contributed by atoms with van der Waals surface area (Å²) in [5.74, 6) is 0.433. The van der Waals surface area contributed by atoms with Crippen LogP contribution in [0.2, 0.25) is 0 Å². The van der Waals surface area contributed by atoms with Crippen LogP contribution < -0.4 is 11.1 Å². The molecule has 4 aromatic carbocycles. The zero-order valence-electron chi connectivity index (χ0n) is 20.7. The predicted molar refractivity (Wildman–Crippen MR) is 153 cm³/mol. The highest BCUT2D eigenvalue weighted by Crippen LogP contribution is 2.58. The molecule has 1 heterocycles. The lowest BCUT2D eigenvalue weighted by Crippen LogP contribution is -2.21. The van der Waals surface area contributed by atoms with Gasteiger partial charge in [-0.25, -0.2) is 0 Å². The molecule has 2 N–H and O–H groups in total. The minimum atomic E-state index is 0.110. The maximum atomic E-state index is 5.85. The van der Waals surface area contributed by atoms with Gasteiger partial charge in [0.25, 0.3) is 0 Å². The Morgan fingerprint density at radius 1 is 0.972 bits per heavy atom. The Hall–Kier alpha value is -4.04. The lowest BCUT2D eigenvalue weighted by Gasteiger charge is -2.29. The van der Waals surface area contributed by atoms with Gasteiger partial charge in [-0.15, -0.1) is 0 Å². The van der Waals surface area contributed by atoms with Crippen LogP contribution >= 0.6 is 0 Å². The molecule has 0 aliphatic heterocycles. The van der Waals surface area contributed by atoms with Gasteiger partial charge in [-0.1, -0.05) is 86.7 Å². The fourth-order valence-corrected chi connectivity index (χ4v) is 7.40. The first-order valence-corrected chi connectivity index (χ1v) is 13.0. The van der Waals surface area contributed by atoms with E-state index in [4.69, 9.17) is 5.73 Å². The number of benzene rings is 4. The van der Waals surface area contributed by atoms with Crippen molar-refractivity contribution < 1.29 is 0 Å². The molecule has 1 aromatic heterocycles. The molecule has 2 nitrogen and oxygen atoms in total. The van der Waals surface area contributed by atoms with Crippen LogP contribution in [-0.4, -0.2) is 4.57 Å². The molecule has 0 radical (unpaired) electrons. The highest BCUT2D eigenvalue weighted by Gasteiger charge is 2.43. The van der Waals surface area contributed by atoms with Crippen LogP contribution in [0, 0.1) is 0 Å². The molecular formula is C34H28N2. The number of nitrogens with two attached hydrogens (primary N) is 1. The van der Waals surface area contributed by atoms with Gasteiger partial charge in [-0.3, -0.25) is 0 Å². The minimum absolute atomic E-state index is 0.110. The third-order valence-corrected chi connectivity index (χ3v) is 9.03.